The average Bonchev–Trinajstić information content (AvgIpc) is 2.78. The number of anilines is 1. The number of ether oxygens (including phenoxy) is 1. The molecule has 0 saturated carbocycles. The summed E-state index contributed by atoms with van der Waals surface area (Å²) >= 11 is 0. The maximum Gasteiger partial charge on any atom is 0.261 e. The number of hydrogen-bond acceptors (Lipinski definition) is 4. The van der Waals surface area contributed by atoms with Crippen LogP contribution in [0.4, 0.5) is 10.1 Å². The van der Waals surface area contributed by atoms with E-state index >= 15 is 0 Å². The molecule has 1 saturated heterocycles. The molecule has 0 bridgehead atoms. The van der Waals surface area contributed by atoms with Gasteiger partial charge in [0.05, 0.1) is 23.7 Å². The molecule has 2 aliphatic rings. The van der Waals surface area contributed by atoms with Crippen molar-refractivity contribution in [1.29, 1.82) is 0 Å². The Kier molecular flexibility index (Phi) is 6.14. The molecule has 2 heterocycles. The Morgan fingerprint density at radius 1 is 1.06 bits per heavy atom. The van der Waals surface area contributed by atoms with E-state index in [0.717, 1.165) is 30.2 Å². The van der Waals surface area contributed by atoms with Gasteiger partial charge < -0.3 is 9.64 Å². The Hall–Kier alpha value is -2.29. The van der Waals surface area contributed by atoms with Gasteiger partial charge in [0, 0.05) is 25.3 Å². The van der Waals surface area contributed by atoms with Crippen LogP contribution < -0.4 is 4.90 Å². The molecule has 0 atom stereocenters. The summed E-state index contributed by atoms with van der Waals surface area (Å²) in [6, 6.07) is 9.45. The van der Waals surface area contributed by atoms with Gasteiger partial charge in [0.15, 0.2) is 0 Å². The summed E-state index contributed by atoms with van der Waals surface area (Å²) in [4.78, 5) is 14.8. The highest BCUT2D eigenvalue weighted by Gasteiger charge is 2.30. The maximum atomic E-state index is 14.7. The zero-order chi connectivity index (χ0) is 22.2. The second kappa shape index (κ2) is 8.68. The fourth-order valence-electron chi connectivity index (χ4n) is 4.10. The smallest absolute Gasteiger partial charge is 0.261 e. The SMILES string of the molecule is CC(C)c1ccc2c(c1)CCCN2C(=O)c1cc(S(=O)(=O)N2CCOCC2)ccc1F. The predicted octanol–water partition coefficient (Wildman–Crippen LogP) is 3.56. The highest BCUT2D eigenvalue weighted by atomic mass is 32.2. The average molecular weight is 447 g/mol. The number of benzene rings is 2. The first kappa shape index (κ1) is 21.9. The summed E-state index contributed by atoms with van der Waals surface area (Å²) in [7, 11) is -3.83. The van der Waals surface area contributed by atoms with Gasteiger partial charge >= 0.3 is 0 Å². The first-order valence-corrected chi connectivity index (χ1v) is 12.0. The first-order chi connectivity index (χ1) is 14.8. The van der Waals surface area contributed by atoms with E-state index in [-0.39, 0.29) is 23.5 Å². The molecule has 0 spiro atoms. The minimum absolute atomic E-state index is 0.0773. The monoisotopic (exact) mass is 446 g/mol. The number of sulfonamides is 1. The second-order valence-corrected chi connectivity index (χ2v) is 10.2. The number of morpholine rings is 1. The molecule has 31 heavy (non-hydrogen) atoms. The zero-order valence-electron chi connectivity index (χ0n) is 17.8. The number of nitrogens with zero attached hydrogens (tertiary/aromatic N) is 2. The minimum Gasteiger partial charge on any atom is -0.379 e. The van der Waals surface area contributed by atoms with E-state index in [0.29, 0.717) is 25.7 Å². The fraction of sp³-hybridized carbons (Fsp3) is 0.435. The molecule has 0 N–H and O–H groups in total. The van der Waals surface area contributed by atoms with Crippen LogP contribution >= 0.6 is 0 Å². The van der Waals surface area contributed by atoms with E-state index < -0.39 is 21.7 Å². The second-order valence-electron chi connectivity index (χ2n) is 8.26. The predicted molar refractivity (Wildman–Crippen MR) is 117 cm³/mol. The maximum absolute atomic E-state index is 14.7. The third-order valence-corrected chi connectivity index (χ3v) is 7.80. The minimum atomic E-state index is -3.83. The van der Waals surface area contributed by atoms with Gasteiger partial charge in [-0.1, -0.05) is 26.0 Å². The summed E-state index contributed by atoms with van der Waals surface area (Å²) in [5.74, 6) is -0.873. The number of aryl methyl sites for hydroxylation is 1. The third-order valence-electron chi connectivity index (χ3n) is 5.91. The standard InChI is InChI=1S/C23H27FN2O4S/c1-16(2)17-5-8-22-18(14-17)4-3-9-26(22)23(27)20-15-19(6-7-21(20)24)31(28,29)25-10-12-30-13-11-25/h5-8,14-16H,3-4,9-13H2,1-2H3. The van der Waals surface area contributed by atoms with Gasteiger partial charge in [0.2, 0.25) is 10.0 Å². The molecule has 0 aliphatic carbocycles. The van der Waals surface area contributed by atoms with Crippen molar-refractivity contribution in [2.75, 3.05) is 37.7 Å². The van der Waals surface area contributed by atoms with Crippen LogP contribution in [0.5, 0.6) is 0 Å². The number of carbonyl (C=O) groups is 1. The number of fused-ring (bicyclic) bond motifs is 1. The molecule has 8 heteroatoms. The fourth-order valence-corrected chi connectivity index (χ4v) is 5.53. The molecule has 2 aliphatic heterocycles. The molecule has 4 rings (SSSR count). The lowest BCUT2D eigenvalue weighted by molar-refractivity contribution is 0.0730. The van der Waals surface area contributed by atoms with Crippen LogP contribution in [0.15, 0.2) is 41.3 Å². The van der Waals surface area contributed by atoms with E-state index in [1.54, 1.807) is 4.90 Å². The molecule has 6 nitrogen and oxygen atoms in total. The van der Waals surface area contributed by atoms with Gasteiger partial charge in [-0.2, -0.15) is 4.31 Å². The lowest BCUT2D eigenvalue weighted by Crippen LogP contribution is -2.41. The van der Waals surface area contributed by atoms with Crippen molar-refractivity contribution < 1.29 is 22.3 Å². The summed E-state index contributed by atoms with van der Waals surface area (Å²) in [5, 5.41) is 0. The van der Waals surface area contributed by atoms with Crippen LogP contribution in [-0.4, -0.2) is 51.5 Å². The van der Waals surface area contributed by atoms with Gasteiger partial charge in [-0.25, -0.2) is 12.8 Å². The normalized spacial score (nSPS) is 17.6. The van der Waals surface area contributed by atoms with Crippen LogP contribution in [0.25, 0.3) is 0 Å². The van der Waals surface area contributed by atoms with E-state index in [4.69, 9.17) is 4.74 Å². The van der Waals surface area contributed by atoms with Crippen molar-refractivity contribution in [2.45, 2.75) is 37.5 Å². The number of rotatable bonds is 4. The number of hydrogen-bond donors (Lipinski definition) is 0. The Balaban J connectivity index is 1.68. The molecule has 166 valence electrons. The lowest BCUT2D eigenvalue weighted by Gasteiger charge is -2.30. The van der Waals surface area contributed by atoms with Gasteiger partial charge in [0.25, 0.3) is 5.91 Å². The highest BCUT2D eigenvalue weighted by molar-refractivity contribution is 7.89. The lowest BCUT2D eigenvalue weighted by atomic mass is 9.94. The largest absolute Gasteiger partial charge is 0.379 e. The zero-order valence-corrected chi connectivity index (χ0v) is 18.6. The molecule has 1 amide bonds. The summed E-state index contributed by atoms with van der Waals surface area (Å²) in [6.07, 6.45) is 1.63. The van der Waals surface area contributed by atoms with Gasteiger partial charge in [0.1, 0.15) is 5.82 Å². The number of halogens is 1. The Morgan fingerprint density at radius 2 is 1.81 bits per heavy atom. The van der Waals surface area contributed by atoms with Gasteiger partial charge in [-0.15, -0.1) is 0 Å². The first-order valence-electron chi connectivity index (χ1n) is 10.6. The van der Waals surface area contributed by atoms with E-state index in [1.165, 1.54) is 22.0 Å². The third kappa shape index (κ3) is 4.24. The molecule has 0 unspecified atom stereocenters. The van der Waals surface area contributed by atoms with Crippen molar-refractivity contribution >= 4 is 21.6 Å². The topological polar surface area (TPSA) is 66.9 Å². The van der Waals surface area contributed by atoms with Crippen LogP contribution in [0, 0.1) is 5.82 Å². The highest BCUT2D eigenvalue weighted by Crippen LogP contribution is 2.32. The molecule has 0 aromatic heterocycles. The summed E-state index contributed by atoms with van der Waals surface area (Å²) in [5.41, 5.74) is 2.79. The van der Waals surface area contributed by atoms with Crippen molar-refractivity contribution in [3.05, 3.63) is 58.9 Å². The Labute approximate surface area is 182 Å². The number of carbonyl (C=O) groups excluding carboxylic acids is 1. The molecule has 1 fully saturated rings. The van der Waals surface area contributed by atoms with Crippen molar-refractivity contribution in [1.82, 2.24) is 4.31 Å². The molecule has 2 aromatic carbocycles. The molecular formula is C23H27FN2O4S. The molecular weight excluding hydrogens is 419 g/mol. The molecule has 2 aromatic rings. The molecule has 0 radical (unpaired) electrons. The quantitative estimate of drug-likeness (QED) is 0.720. The van der Waals surface area contributed by atoms with Crippen molar-refractivity contribution in [2.24, 2.45) is 0 Å². The van der Waals surface area contributed by atoms with Crippen LogP contribution in [0.3, 0.4) is 0 Å². The summed E-state index contributed by atoms with van der Waals surface area (Å²) < 4.78 is 47.1. The summed E-state index contributed by atoms with van der Waals surface area (Å²) in [6.45, 7) is 5.80. The van der Waals surface area contributed by atoms with Crippen LogP contribution in [0.2, 0.25) is 0 Å². The van der Waals surface area contributed by atoms with Gasteiger partial charge in [-0.05, 0) is 54.2 Å². The van der Waals surface area contributed by atoms with Crippen molar-refractivity contribution in [3.63, 3.8) is 0 Å². The van der Waals surface area contributed by atoms with E-state index in [1.807, 2.05) is 12.1 Å². The van der Waals surface area contributed by atoms with Crippen molar-refractivity contribution in [3.8, 4) is 0 Å². The van der Waals surface area contributed by atoms with Crippen LogP contribution in [-0.2, 0) is 21.2 Å². The van der Waals surface area contributed by atoms with Gasteiger partial charge in [-0.3, -0.25) is 4.79 Å². The van der Waals surface area contributed by atoms with Crippen LogP contribution in [0.1, 0.15) is 47.7 Å². The Bertz CT molecular complexity index is 1090. The van der Waals surface area contributed by atoms with E-state index in [9.17, 15) is 17.6 Å². The Morgan fingerprint density at radius 3 is 2.52 bits per heavy atom. The number of amides is 1. The van der Waals surface area contributed by atoms with E-state index in [2.05, 4.69) is 19.9 Å².